The Morgan fingerprint density at radius 3 is 2.73 bits per heavy atom. The number of carbonyl (C=O) groups is 1. The van der Waals surface area contributed by atoms with Gasteiger partial charge in [0.25, 0.3) is 5.91 Å². The van der Waals surface area contributed by atoms with Crippen LogP contribution < -0.4 is 5.32 Å². The highest BCUT2D eigenvalue weighted by Gasteiger charge is 2.36. The molecule has 2 N–H and O–H groups in total. The summed E-state index contributed by atoms with van der Waals surface area (Å²) >= 11 is 5.88. The Labute approximate surface area is 180 Å². The van der Waals surface area contributed by atoms with E-state index in [-0.39, 0.29) is 5.56 Å². The molecule has 0 unspecified atom stereocenters. The second kappa shape index (κ2) is 8.32. The number of hydrogen-bond acceptors (Lipinski definition) is 3. The van der Waals surface area contributed by atoms with Crippen LogP contribution in [0.2, 0.25) is 5.15 Å². The highest BCUT2D eigenvalue weighted by molar-refractivity contribution is 6.29. The zero-order valence-electron chi connectivity index (χ0n) is 16.8. The van der Waals surface area contributed by atoms with Gasteiger partial charge in [0, 0.05) is 11.6 Å². The van der Waals surface area contributed by atoms with Crippen LogP contribution in [-0.2, 0) is 6.42 Å². The van der Waals surface area contributed by atoms with E-state index in [4.69, 9.17) is 11.6 Å². The van der Waals surface area contributed by atoms with Crippen molar-refractivity contribution < 1.29 is 14.3 Å². The number of pyridine rings is 1. The molecular weight excluding hydrogens is 403 g/mol. The lowest BCUT2D eigenvalue weighted by molar-refractivity contribution is -0.00866. The predicted molar refractivity (Wildman–Crippen MR) is 116 cm³/mol. The zero-order chi connectivity index (χ0) is 21.3. The SMILES string of the molecule is C[C@]1(O)CCCC[C@@H]1NC(=O)c1cc(Cc2ccc(Cl)nc2)c2ccccc2c1F. The van der Waals surface area contributed by atoms with Crippen LogP contribution in [0.5, 0.6) is 0 Å². The quantitative estimate of drug-likeness (QED) is 0.574. The van der Waals surface area contributed by atoms with Crippen molar-refractivity contribution in [3.8, 4) is 0 Å². The Bertz CT molecular complexity index is 1080. The molecule has 1 fully saturated rings. The zero-order valence-corrected chi connectivity index (χ0v) is 17.5. The van der Waals surface area contributed by atoms with Gasteiger partial charge in [-0.25, -0.2) is 9.37 Å². The molecule has 0 aliphatic heterocycles. The van der Waals surface area contributed by atoms with Crippen molar-refractivity contribution in [1.82, 2.24) is 10.3 Å². The maximum Gasteiger partial charge on any atom is 0.254 e. The molecule has 0 bridgehead atoms. The van der Waals surface area contributed by atoms with Gasteiger partial charge in [-0.05, 0) is 54.8 Å². The van der Waals surface area contributed by atoms with Crippen LogP contribution in [0.4, 0.5) is 4.39 Å². The summed E-state index contributed by atoms with van der Waals surface area (Å²) in [6.07, 6.45) is 5.31. The fourth-order valence-corrected chi connectivity index (χ4v) is 4.35. The summed E-state index contributed by atoms with van der Waals surface area (Å²) in [5.41, 5.74) is 0.750. The van der Waals surface area contributed by atoms with Gasteiger partial charge in [0.2, 0.25) is 0 Å². The molecule has 0 saturated heterocycles. The smallest absolute Gasteiger partial charge is 0.254 e. The number of aliphatic hydroxyl groups is 1. The van der Waals surface area contributed by atoms with Gasteiger partial charge in [0.15, 0.2) is 0 Å². The first-order valence-electron chi connectivity index (χ1n) is 10.2. The third kappa shape index (κ3) is 4.18. The number of hydrogen-bond donors (Lipinski definition) is 2. The van der Waals surface area contributed by atoms with Crippen molar-refractivity contribution in [2.24, 2.45) is 0 Å². The lowest BCUT2D eigenvalue weighted by Crippen LogP contribution is -2.52. The Morgan fingerprint density at radius 2 is 2.03 bits per heavy atom. The summed E-state index contributed by atoms with van der Waals surface area (Å²) in [5, 5.41) is 15.0. The average Bonchev–Trinajstić information content (AvgIpc) is 2.73. The van der Waals surface area contributed by atoms with Gasteiger partial charge < -0.3 is 10.4 Å². The van der Waals surface area contributed by atoms with E-state index in [0.717, 1.165) is 29.4 Å². The van der Waals surface area contributed by atoms with Crippen molar-refractivity contribution in [3.63, 3.8) is 0 Å². The van der Waals surface area contributed by atoms with E-state index >= 15 is 4.39 Å². The summed E-state index contributed by atoms with van der Waals surface area (Å²) in [6, 6.07) is 11.9. The van der Waals surface area contributed by atoms with Crippen LogP contribution in [0.25, 0.3) is 10.8 Å². The monoisotopic (exact) mass is 426 g/mol. The predicted octanol–water partition coefficient (Wildman–Crippen LogP) is 5.04. The minimum Gasteiger partial charge on any atom is -0.388 e. The Hall–Kier alpha value is -2.50. The van der Waals surface area contributed by atoms with Gasteiger partial charge in [0.1, 0.15) is 11.0 Å². The number of fused-ring (bicyclic) bond motifs is 1. The summed E-state index contributed by atoms with van der Waals surface area (Å²) in [5.74, 6) is -1.04. The molecule has 4 nitrogen and oxygen atoms in total. The first-order chi connectivity index (χ1) is 14.3. The van der Waals surface area contributed by atoms with Crippen LogP contribution in [0.1, 0.15) is 54.1 Å². The molecule has 3 aromatic rings. The van der Waals surface area contributed by atoms with E-state index in [1.807, 2.05) is 18.2 Å². The first-order valence-corrected chi connectivity index (χ1v) is 10.6. The lowest BCUT2D eigenvalue weighted by Gasteiger charge is -2.37. The molecular formula is C24H24ClFN2O2. The van der Waals surface area contributed by atoms with E-state index in [2.05, 4.69) is 10.3 Å². The molecule has 1 aromatic heterocycles. The summed E-state index contributed by atoms with van der Waals surface area (Å²) in [4.78, 5) is 17.1. The molecule has 4 rings (SSSR count). The van der Waals surface area contributed by atoms with Crippen molar-refractivity contribution in [1.29, 1.82) is 0 Å². The molecule has 6 heteroatoms. The topological polar surface area (TPSA) is 62.2 Å². The third-order valence-corrected chi connectivity index (χ3v) is 6.20. The Morgan fingerprint density at radius 1 is 1.27 bits per heavy atom. The molecule has 2 atom stereocenters. The number of nitrogens with one attached hydrogen (secondary N) is 1. The normalized spacial score (nSPS) is 21.5. The maximum absolute atomic E-state index is 15.3. The van der Waals surface area contributed by atoms with Crippen molar-refractivity contribution >= 4 is 28.3 Å². The van der Waals surface area contributed by atoms with Gasteiger partial charge in [-0.2, -0.15) is 0 Å². The maximum atomic E-state index is 15.3. The number of amides is 1. The Balaban J connectivity index is 1.71. The number of carbonyl (C=O) groups excluding carboxylic acids is 1. The number of benzene rings is 2. The van der Waals surface area contributed by atoms with Crippen molar-refractivity contribution in [2.45, 2.75) is 50.7 Å². The van der Waals surface area contributed by atoms with Gasteiger partial charge in [-0.15, -0.1) is 0 Å². The van der Waals surface area contributed by atoms with E-state index < -0.39 is 23.4 Å². The Kier molecular flexibility index (Phi) is 5.76. The number of nitrogens with zero attached hydrogens (tertiary/aromatic N) is 1. The number of aromatic nitrogens is 1. The first kappa shape index (κ1) is 20.8. The average molecular weight is 427 g/mol. The molecule has 0 spiro atoms. The largest absolute Gasteiger partial charge is 0.388 e. The van der Waals surface area contributed by atoms with E-state index in [1.54, 1.807) is 37.4 Å². The number of halogens is 2. The molecule has 2 aromatic carbocycles. The van der Waals surface area contributed by atoms with Gasteiger partial charge >= 0.3 is 0 Å². The molecule has 1 amide bonds. The fourth-order valence-electron chi connectivity index (χ4n) is 4.24. The molecule has 0 radical (unpaired) electrons. The third-order valence-electron chi connectivity index (χ3n) is 5.97. The van der Waals surface area contributed by atoms with Crippen molar-refractivity contribution in [2.75, 3.05) is 0 Å². The van der Waals surface area contributed by atoms with Crippen LogP contribution in [0, 0.1) is 5.82 Å². The highest BCUT2D eigenvalue weighted by Crippen LogP contribution is 2.30. The minimum absolute atomic E-state index is 0.00741. The van der Waals surface area contributed by atoms with Gasteiger partial charge in [0.05, 0.1) is 17.2 Å². The van der Waals surface area contributed by atoms with Crippen molar-refractivity contribution in [3.05, 3.63) is 76.3 Å². The summed E-state index contributed by atoms with van der Waals surface area (Å²) in [7, 11) is 0. The second-order valence-electron chi connectivity index (χ2n) is 8.24. The molecule has 1 aliphatic rings. The molecule has 30 heavy (non-hydrogen) atoms. The van der Waals surface area contributed by atoms with Gasteiger partial charge in [-0.1, -0.05) is 54.8 Å². The fraction of sp³-hybridized carbons (Fsp3) is 0.333. The minimum atomic E-state index is -0.987. The molecule has 1 heterocycles. The van der Waals surface area contributed by atoms with Crippen LogP contribution in [0.15, 0.2) is 48.7 Å². The highest BCUT2D eigenvalue weighted by atomic mass is 35.5. The van der Waals surface area contributed by atoms with E-state index in [1.165, 1.54) is 0 Å². The second-order valence-corrected chi connectivity index (χ2v) is 8.63. The number of rotatable bonds is 4. The standard InChI is InChI=1S/C24H24ClFN2O2/c1-24(30)11-5-4-8-20(24)28-23(29)19-13-16(12-15-9-10-21(25)27-14-15)17-6-2-3-7-18(17)22(19)26/h2-3,6-7,9-10,13-14,20,30H,4-5,8,11-12H2,1H3,(H,28,29)/t20-,24-/m0/s1. The van der Waals surface area contributed by atoms with Crippen LogP contribution >= 0.6 is 11.6 Å². The van der Waals surface area contributed by atoms with Crippen LogP contribution in [-0.4, -0.2) is 27.6 Å². The van der Waals surface area contributed by atoms with E-state index in [0.29, 0.717) is 29.8 Å². The summed E-state index contributed by atoms with van der Waals surface area (Å²) in [6.45, 7) is 1.73. The molecule has 1 aliphatic carbocycles. The van der Waals surface area contributed by atoms with Crippen LogP contribution in [0.3, 0.4) is 0 Å². The molecule has 156 valence electrons. The lowest BCUT2D eigenvalue weighted by atomic mass is 9.81. The van der Waals surface area contributed by atoms with E-state index in [9.17, 15) is 9.90 Å². The van der Waals surface area contributed by atoms with Gasteiger partial charge in [-0.3, -0.25) is 4.79 Å². The summed E-state index contributed by atoms with van der Waals surface area (Å²) < 4.78 is 15.3. The molecule has 1 saturated carbocycles.